The molecule has 1 aromatic carbocycles. The van der Waals surface area contributed by atoms with Crippen molar-refractivity contribution < 1.29 is 13.2 Å². The normalized spacial score (nSPS) is 11.2. The molecule has 6 heteroatoms. The van der Waals surface area contributed by atoms with Crippen LogP contribution in [0.5, 0.6) is 0 Å². The van der Waals surface area contributed by atoms with E-state index in [1.54, 1.807) is 0 Å². The molecule has 0 atom stereocenters. The maximum atomic E-state index is 13.5. The van der Waals surface area contributed by atoms with Crippen LogP contribution in [0.15, 0.2) is 22.6 Å². The summed E-state index contributed by atoms with van der Waals surface area (Å²) in [6.45, 7) is 4.48. The SMILES string of the molecule is CC(C)NCc1nnc(Cc2ccc(F)cc2F)o1. The highest BCUT2D eigenvalue weighted by atomic mass is 19.1. The Hall–Kier alpha value is -1.82. The van der Waals surface area contributed by atoms with Crippen LogP contribution in [-0.2, 0) is 13.0 Å². The van der Waals surface area contributed by atoms with Crippen LogP contribution in [0.2, 0.25) is 0 Å². The monoisotopic (exact) mass is 267 g/mol. The van der Waals surface area contributed by atoms with E-state index < -0.39 is 11.6 Å². The van der Waals surface area contributed by atoms with Gasteiger partial charge in [-0.25, -0.2) is 8.78 Å². The first-order chi connectivity index (χ1) is 9.04. The van der Waals surface area contributed by atoms with Gasteiger partial charge in [0.2, 0.25) is 11.8 Å². The van der Waals surface area contributed by atoms with Crippen LogP contribution >= 0.6 is 0 Å². The molecular weight excluding hydrogens is 252 g/mol. The van der Waals surface area contributed by atoms with Crippen LogP contribution in [0.3, 0.4) is 0 Å². The summed E-state index contributed by atoms with van der Waals surface area (Å²) < 4.78 is 31.6. The average molecular weight is 267 g/mol. The van der Waals surface area contributed by atoms with E-state index in [0.29, 0.717) is 29.9 Å². The predicted octanol–water partition coefficient (Wildman–Crippen LogP) is 2.44. The number of nitrogens with one attached hydrogen (secondary N) is 1. The fraction of sp³-hybridized carbons (Fsp3) is 0.385. The van der Waals surface area contributed by atoms with Gasteiger partial charge in [-0.1, -0.05) is 19.9 Å². The van der Waals surface area contributed by atoms with Crippen molar-refractivity contribution in [3.63, 3.8) is 0 Å². The van der Waals surface area contributed by atoms with Crippen molar-refractivity contribution in [2.45, 2.75) is 32.9 Å². The van der Waals surface area contributed by atoms with Gasteiger partial charge < -0.3 is 9.73 Å². The highest BCUT2D eigenvalue weighted by molar-refractivity contribution is 5.21. The summed E-state index contributed by atoms with van der Waals surface area (Å²) in [6, 6.07) is 3.73. The molecule has 0 amide bonds. The number of halogens is 2. The summed E-state index contributed by atoms with van der Waals surface area (Å²) in [5.74, 6) is -0.453. The molecule has 4 nitrogen and oxygen atoms in total. The van der Waals surface area contributed by atoms with E-state index in [1.165, 1.54) is 12.1 Å². The zero-order chi connectivity index (χ0) is 13.8. The Morgan fingerprint density at radius 3 is 2.63 bits per heavy atom. The van der Waals surface area contributed by atoms with Gasteiger partial charge in [-0.15, -0.1) is 10.2 Å². The smallest absolute Gasteiger partial charge is 0.230 e. The second-order valence-electron chi connectivity index (χ2n) is 4.54. The maximum Gasteiger partial charge on any atom is 0.230 e. The Kier molecular flexibility index (Phi) is 4.21. The van der Waals surface area contributed by atoms with Gasteiger partial charge in [0.15, 0.2) is 0 Å². The Bertz CT molecular complexity index is 555. The summed E-state index contributed by atoms with van der Waals surface area (Å²) in [5.41, 5.74) is 0.327. The minimum Gasteiger partial charge on any atom is -0.424 e. The standard InChI is InChI=1S/C13H15F2N3O/c1-8(2)16-7-13-18-17-12(19-13)5-9-3-4-10(14)6-11(9)15/h3-4,6,8,16H,5,7H2,1-2H3. The lowest BCUT2D eigenvalue weighted by molar-refractivity contribution is 0.425. The third kappa shape index (κ3) is 3.82. The zero-order valence-electron chi connectivity index (χ0n) is 10.8. The van der Waals surface area contributed by atoms with E-state index in [-0.39, 0.29) is 6.42 Å². The highest BCUT2D eigenvalue weighted by Crippen LogP contribution is 2.14. The number of rotatable bonds is 5. The molecule has 2 rings (SSSR count). The van der Waals surface area contributed by atoms with E-state index in [4.69, 9.17) is 4.42 Å². The second-order valence-corrected chi connectivity index (χ2v) is 4.54. The van der Waals surface area contributed by atoms with Crippen LogP contribution in [-0.4, -0.2) is 16.2 Å². The molecule has 1 heterocycles. The molecule has 0 saturated carbocycles. The van der Waals surface area contributed by atoms with Gasteiger partial charge in [-0.05, 0) is 11.6 Å². The lowest BCUT2D eigenvalue weighted by Gasteiger charge is -2.03. The second kappa shape index (κ2) is 5.88. The molecule has 0 radical (unpaired) electrons. The lowest BCUT2D eigenvalue weighted by Crippen LogP contribution is -2.21. The molecular formula is C13H15F2N3O. The zero-order valence-corrected chi connectivity index (χ0v) is 10.8. The topological polar surface area (TPSA) is 51.0 Å². The van der Waals surface area contributed by atoms with E-state index >= 15 is 0 Å². The van der Waals surface area contributed by atoms with Gasteiger partial charge >= 0.3 is 0 Å². The maximum absolute atomic E-state index is 13.5. The molecule has 0 aliphatic heterocycles. The number of benzene rings is 1. The average Bonchev–Trinajstić information content (AvgIpc) is 2.78. The van der Waals surface area contributed by atoms with Crippen molar-refractivity contribution in [3.05, 3.63) is 47.2 Å². The molecule has 0 aliphatic rings. The van der Waals surface area contributed by atoms with Crippen LogP contribution in [0.25, 0.3) is 0 Å². The molecule has 2 aromatic rings. The molecule has 19 heavy (non-hydrogen) atoms. The molecule has 0 bridgehead atoms. The van der Waals surface area contributed by atoms with E-state index in [9.17, 15) is 8.78 Å². The van der Waals surface area contributed by atoms with Crippen LogP contribution < -0.4 is 5.32 Å². The third-order valence-corrected chi connectivity index (χ3v) is 2.53. The van der Waals surface area contributed by atoms with Crippen LogP contribution in [0.1, 0.15) is 31.2 Å². The Labute approximate surface area is 109 Å². The van der Waals surface area contributed by atoms with Crippen molar-refractivity contribution in [2.24, 2.45) is 0 Å². The Balaban J connectivity index is 2.03. The minimum absolute atomic E-state index is 0.154. The molecule has 102 valence electrons. The molecule has 0 aliphatic carbocycles. The third-order valence-electron chi connectivity index (χ3n) is 2.53. The fourth-order valence-electron chi connectivity index (χ4n) is 1.55. The predicted molar refractivity (Wildman–Crippen MR) is 65.4 cm³/mol. The largest absolute Gasteiger partial charge is 0.424 e. The Morgan fingerprint density at radius 1 is 1.21 bits per heavy atom. The molecule has 0 saturated heterocycles. The summed E-state index contributed by atoms with van der Waals surface area (Å²) in [4.78, 5) is 0. The van der Waals surface area contributed by atoms with Crippen LogP contribution in [0.4, 0.5) is 8.78 Å². The van der Waals surface area contributed by atoms with Crippen molar-refractivity contribution >= 4 is 0 Å². The van der Waals surface area contributed by atoms with Gasteiger partial charge in [0.05, 0.1) is 13.0 Å². The van der Waals surface area contributed by atoms with Gasteiger partial charge in [0.1, 0.15) is 11.6 Å². The van der Waals surface area contributed by atoms with Crippen molar-refractivity contribution in [1.29, 1.82) is 0 Å². The van der Waals surface area contributed by atoms with Gasteiger partial charge in [-0.2, -0.15) is 0 Å². The number of nitrogens with zero attached hydrogens (tertiary/aromatic N) is 2. The van der Waals surface area contributed by atoms with Crippen molar-refractivity contribution in [3.8, 4) is 0 Å². The molecule has 1 N–H and O–H groups in total. The minimum atomic E-state index is -0.611. The first-order valence-corrected chi connectivity index (χ1v) is 6.03. The van der Waals surface area contributed by atoms with Gasteiger partial charge in [0.25, 0.3) is 0 Å². The number of hydrogen-bond acceptors (Lipinski definition) is 4. The summed E-state index contributed by atoms with van der Waals surface area (Å²) >= 11 is 0. The first-order valence-electron chi connectivity index (χ1n) is 6.03. The fourth-order valence-corrected chi connectivity index (χ4v) is 1.55. The van der Waals surface area contributed by atoms with Crippen LogP contribution in [0, 0.1) is 11.6 Å². The van der Waals surface area contributed by atoms with Crippen molar-refractivity contribution in [2.75, 3.05) is 0 Å². The van der Waals surface area contributed by atoms with Gasteiger partial charge in [0, 0.05) is 12.1 Å². The number of aromatic nitrogens is 2. The first kappa shape index (κ1) is 13.6. The molecule has 0 fully saturated rings. The number of hydrogen-bond donors (Lipinski definition) is 1. The summed E-state index contributed by atoms with van der Waals surface area (Å²) in [7, 11) is 0. The highest BCUT2D eigenvalue weighted by Gasteiger charge is 2.10. The van der Waals surface area contributed by atoms with E-state index in [2.05, 4.69) is 15.5 Å². The Morgan fingerprint density at radius 2 is 1.95 bits per heavy atom. The molecule has 0 spiro atoms. The lowest BCUT2D eigenvalue weighted by atomic mass is 10.1. The quantitative estimate of drug-likeness (QED) is 0.904. The van der Waals surface area contributed by atoms with E-state index in [0.717, 1.165) is 6.07 Å². The van der Waals surface area contributed by atoms with Crippen molar-refractivity contribution in [1.82, 2.24) is 15.5 Å². The van der Waals surface area contributed by atoms with Gasteiger partial charge in [-0.3, -0.25) is 0 Å². The van der Waals surface area contributed by atoms with E-state index in [1.807, 2.05) is 13.8 Å². The summed E-state index contributed by atoms with van der Waals surface area (Å²) in [5, 5.41) is 10.8. The molecule has 0 unspecified atom stereocenters. The molecule has 1 aromatic heterocycles. The summed E-state index contributed by atoms with van der Waals surface area (Å²) in [6.07, 6.45) is 0.154.